The number of rotatable bonds is 3. The van der Waals surface area contributed by atoms with Gasteiger partial charge in [-0.1, -0.05) is 62.8 Å². The number of hydrogen-bond acceptors (Lipinski definition) is 3. The van der Waals surface area contributed by atoms with E-state index in [2.05, 4.69) is 26.0 Å². The van der Waals surface area contributed by atoms with Crippen molar-refractivity contribution in [3.8, 4) is 11.5 Å². The molecule has 4 nitrogen and oxygen atoms in total. The van der Waals surface area contributed by atoms with Crippen molar-refractivity contribution in [2.45, 2.75) is 84.0 Å². The molecular weight excluding hydrogens is 602 g/mol. The average Bonchev–Trinajstić information content (AvgIpc) is 3.11. The summed E-state index contributed by atoms with van der Waals surface area (Å²) in [7, 11) is 0. The van der Waals surface area contributed by atoms with Crippen molar-refractivity contribution in [2.24, 2.45) is 11.8 Å². The number of benzene rings is 2. The number of carbonyl (C=O) groups is 1. The fourth-order valence-electron chi connectivity index (χ4n) is 5.32. The van der Waals surface area contributed by atoms with Crippen LogP contribution in [0.15, 0.2) is 48.5 Å². The number of carboxylic acids is 1. The monoisotopic (exact) mass is 642 g/mol. The topological polar surface area (TPSA) is 77.8 Å². The second-order valence-electron chi connectivity index (χ2n) is 10.3. The van der Waals surface area contributed by atoms with Gasteiger partial charge in [-0.2, -0.15) is 32.6 Å². The van der Waals surface area contributed by atoms with E-state index in [4.69, 9.17) is 0 Å². The van der Waals surface area contributed by atoms with E-state index < -0.39 is 5.97 Å². The van der Waals surface area contributed by atoms with E-state index in [1.165, 1.54) is 36.8 Å². The van der Waals surface area contributed by atoms with Crippen molar-refractivity contribution in [3.05, 3.63) is 71.5 Å². The maximum atomic E-state index is 11.2. The fourth-order valence-corrected chi connectivity index (χ4v) is 5.32. The Labute approximate surface area is 267 Å². The summed E-state index contributed by atoms with van der Waals surface area (Å²) in [4.78, 5) is 11.2. The standard InChI is InChI=1S/C15H19O3.C15H21O.2Y/c1-10-2-3-11(6-9-14(10)15(17)18)12-4-7-13(16)8-5-12;1-11-3-5-13(6-4-12(11)2)14-7-9-15(16)10-8-14;;/h4-5,7-8,11,14,16H,2-3,6,9H2,1H3,(H,17,18);7-11,13,16H,3-6H2,1-2H3;;/q2*-1;;. The minimum absolute atomic E-state index is 0. The molecule has 2 aromatic rings. The molecular formula is C30H40O4Y2-2. The first-order valence-electron chi connectivity index (χ1n) is 12.7. The van der Waals surface area contributed by atoms with Crippen LogP contribution in [0.25, 0.3) is 0 Å². The van der Waals surface area contributed by atoms with Crippen LogP contribution in [0.3, 0.4) is 0 Å². The molecule has 4 atom stereocenters. The smallest absolute Gasteiger partial charge is 0.276 e. The van der Waals surface area contributed by atoms with Crippen molar-refractivity contribution < 1.29 is 85.5 Å². The summed E-state index contributed by atoms with van der Waals surface area (Å²) in [6, 6.07) is 15.0. The van der Waals surface area contributed by atoms with Gasteiger partial charge in [0.1, 0.15) is 11.5 Å². The van der Waals surface area contributed by atoms with Gasteiger partial charge in [-0.15, -0.1) is 0 Å². The van der Waals surface area contributed by atoms with Gasteiger partial charge >= 0.3 is 0 Å². The molecule has 0 saturated heterocycles. The van der Waals surface area contributed by atoms with Gasteiger partial charge in [0.15, 0.2) is 0 Å². The largest absolute Gasteiger partial charge is 0.508 e. The Morgan fingerprint density at radius 3 is 1.56 bits per heavy atom. The number of hydrogen-bond donors (Lipinski definition) is 3. The quantitative estimate of drug-likeness (QED) is 0.238. The van der Waals surface area contributed by atoms with E-state index in [1.54, 1.807) is 30.2 Å². The molecule has 3 N–H and O–H groups in total. The first-order chi connectivity index (χ1) is 16.2. The number of aliphatic carboxylic acids is 1. The Balaban J connectivity index is 0.000000343. The van der Waals surface area contributed by atoms with Crippen LogP contribution in [0, 0.1) is 23.7 Å². The van der Waals surface area contributed by atoms with E-state index in [-0.39, 0.29) is 77.1 Å². The van der Waals surface area contributed by atoms with E-state index in [9.17, 15) is 20.1 Å². The van der Waals surface area contributed by atoms with E-state index in [0.717, 1.165) is 31.1 Å². The normalized spacial score (nSPS) is 25.1. The molecule has 6 heteroatoms. The third-order valence-electron chi connectivity index (χ3n) is 7.99. The van der Waals surface area contributed by atoms with Crippen LogP contribution in [0.1, 0.15) is 95.1 Å². The van der Waals surface area contributed by atoms with Gasteiger partial charge in [0, 0.05) is 65.4 Å². The predicted molar refractivity (Wildman–Crippen MR) is 137 cm³/mol. The van der Waals surface area contributed by atoms with Gasteiger partial charge in [-0.05, 0) is 60.1 Å². The van der Waals surface area contributed by atoms with E-state index in [0.29, 0.717) is 24.0 Å². The molecule has 0 aromatic heterocycles. The molecule has 2 aliphatic rings. The van der Waals surface area contributed by atoms with Crippen molar-refractivity contribution in [2.75, 3.05) is 0 Å². The van der Waals surface area contributed by atoms with Gasteiger partial charge in [0.05, 0.1) is 0 Å². The Morgan fingerprint density at radius 1 is 0.694 bits per heavy atom. The number of phenols is 2. The molecule has 0 heterocycles. The van der Waals surface area contributed by atoms with Gasteiger partial charge in [-0.3, -0.25) is 4.79 Å². The number of phenolic OH excluding ortho intramolecular Hbond substituents is 2. The maximum Gasteiger partial charge on any atom is 0.276 e. The molecule has 2 fully saturated rings. The Morgan fingerprint density at radius 2 is 1.11 bits per heavy atom. The SMILES string of the molecule is C[C-]1CCC(c2ccc(O)cc2)CCC1C.C[C-]1CCC(c2ccc(O)cc2)CCC1C(=O)O.[Y].[Y]. The third-order valence-corrected chi connectivity index (χ3v) is 7.99. The van der Waals surface area contributed by atoms with E-state index in [1.807, 2.05) is 19.1 Å². The van der Waals surface area contributed by atoms with Gasteiger partial charge in [0.25, 0.3) is 5.97 Å². The molecule has 4 rings (SSSR count). The molecule has 192 valence electrons. The van der Waals surface area contributed by atoms with Gasteiger partial charge in [0.2, 0.25) is 0 Å². The zero-order chi connectivity index (χ0) is 24.7. The summed E-state index contributed by atoms with van der Waals surface area (Å²) in [6.07, 6.45) is 8.60. The zero-order valence-electron chi connectivity index (χ0n) is 22.0. The summed E-state index contributed by atoms with van der Waals surface area (Å²) in [5.74, 6) is 4.27. The average molecular weight is 642 g/mol. The molecule has 2 aromatic carbocycles. The van der Waals surface area contributed by atoms with Gasteiger partial charge < -0.3 is 27.2 Å². The Hall–Kier alpha value is -0.282. The van der Waals surface area contributed by atoms with Crippen LogP contribution >= 0.6 is 0 Å². The predicted octanol–water partition coefficient (Wildman–Crippen LogP) is 7.62. The second kappa shape index (κ2) is 16.6. The molecule has 2 radical (unpaired) electrons. The Kier molecular flexibility index (Phi) is 15.6. The molecule has 0 spiro atoms. The van der Waals surface area contributed by atoms with Crippen molar-refractivity contribution in [1.82, 2.24) is 0 Å². The molecule has 0 amide bonds. The van der Waals surface area contributed by atoms with Crippen molar-refractivity contribution in [1.29, 1.82) is 0 Å². The summed E-state index contributed by atoms with van der Waals surface area (Å²) < 4.78 is 0. The van der Waals surface area contributed by atoms with Crippen LogP contribution in [-0.4, -0.2) is 21.3 Å². The van der Waals surface area contributed by atoms with Crippen LogP contribution < -0.4 is 0 Å². The minimum atomic E-state index is -0.696. The third kappa shape index (κ3) is 10.1. The molecule has 4 unspecified atom stereocenters. The second-order valence-corrected chi connectivity index (χ2v) is 10.3. The summed E-state index contributed by atoms with van der Waals surface area (Å²) in [5, 5.41) is 27.7. The van der Waals surface area contributed by atoms with Crippen molar-refractivity contribution >= 4 is 5.97 Å². The van der Waals surface area contributed by atoms with Gasteiger partial charge in [-0.25, -0.2) is 0 Å². The summed E-state index contributed by atoms with van der Waals surface area (Å²) in [5.41, 5.74) is 2.59. The van der Waals surface area contributed by atoms with E-state index >= 15 is 0 Å². The molecule has 2 aliphatic carbocycles. The summed E-state index contributed by atoms with van der Waals surface area (Å²) >= 11 is 0. The molecule has 0 bridgehead atoms. The number of aromatic hydroxyl groups is 2. The zero-order valence-corrected chi connectivity index (χ0v) is 27.7. The van der Waals surface area contributed by atoms with Crippen LogP contribution in [0.2, 0.25) is 0 Å². The summed E-state index contributed by atoms with van der Waals surface area (Å²) in [6.45, 7) is 6.59. The first kappa shape index (κ1) is 33.7. The molecule has 36 heavy (non-hydrogen) atoms. The van der Waals surface area contributed by atoms with Crippen molar-refractivity contribution in [3.63, 3.8) is 0 Å². The molecule has 0 aliphatic heterocycles. The minimum Gasteiger partial charge on any atom is -0.508 e. The van der Waals surface area contributed by atoms with Crippen LogP contribution in [0.4, 0.5) is 0 Å². The maximum absolute atomic E-state index is 11.2. The Bertz CT molecular complexity index is 888. The number of carboxylic acid groups (broad SMARTS) is 1. The first-order valence-corrected chi connectivity index (χ1v) is 12.7. The van der Waals surface area contributed by atoms with Crippen LogP contribution in [-0.2, 0) is 70.2 Å². The molecule has 2 saturated carbocycles. The fraction of sp³-hybridized carbons (Fsp3) is 0.500. The van der Waals surface area contributed by atoms with Crippen LogP contribution in [0.5, 0.6) is 11.5 Å².